The molecule has 0 aliphatic rings. The van der Waals surface area contributed by atoms with E-state index in [9.17, 15) is 9.90 Å². The number of aromatic hydroxyl groups is 1. The van der Waals surface area contributed by atoms with Crippen LogP contribution >= 0.6 is 0 Å². The highest BCUT2D eigenvalue weighted by molar-refractivity contribution is 5.66. The first kappa shape index (κ1) is 22.3. The van der Waals surface area contributed by atoms with Gasteiger partial charge in [-0.2, -0.15) is 0 Å². The average molecular weight is 365 g/mol. The highest BCUT2D eigenvalue weighted by Crippen LogP contribution is 2.48. The smallest absolute Gasteiger partial charge is 0.504 e. The third kappa shape index (κ3) is 5.15. The van der Waals surface area contributed by atoms with Crippen molar-refractivity contribution in [2.75, 3.05) is 0 Å². The number of carbonyl (C=O) groups is 1. The van der Waals surface area contributed by atoms with E-state index in [1.807, 2.05) is 6.07 Å². The average Bonchev–Trinajstić information content (AvgIpc) is 2.44. The maximum absolute atomic E-state index is 11.9. The molecular formula is C22H36O4. The van der Waals surface area contributed by atoms with E-state index in [0.29, 0.717) is 11.8 Å². The Labute approximate surface area is 158 Å². The fraction of sp³-hybridized carbons (Fsp3) is 0.682. The van der Waals surface area contributed by atoms with Crippen LogP contribution in [0.1, 0.15) is 74.8 Å². The zero-order chi connectivity index (χ0) is 20.5. The Morgan fingerprint density at radius 2 is 1.54 bits per heavy atom. The second kappa shape index (κ2) is 7.50. The van der Waals surface area contributed by atoms with Gasteiger partial charge in [-0.15, -0.1) is 0 Å². The van der Waals surface area contributed by atoms with Crippen LogP contribution in [0.3, 0.4) is 0 Å². The van der Waals surface area contributed by atoms with E-state index < -0.39 is 11.8 Å². The molecule has 1 N–H and O–H groups in total. The number of hydrogen-bond donors (Lipinski definition) is 1. The minimum Gasteiger partial charge on any atom is -0.504 e. The number of rotatable bonds is 4. The molecule has 2 unspecified atom stereocenters. The van der Waals surface area contributed by atoms with E-state index >= 15 is 0 Å². The number of hydrogen-bond acceptors (Lipinski definition) is 4. The van der Waals surface area contributed by atoms with Gasteiger partial charge in [0.15, 0.2) is 11.5 Å². The van der Waals surface area contributed by atoms with Crippen molar-refractivity contribution in [1.29, 1.82) is 0 Å². The van der Waals surface area contributed by atoms with Crippen LogP contribution in [0.15, 0.2) is 18.2 Å². The van der Waals surface area contributed by atoms with Crippen molar-refractivity contribution in [2.24, 2.45) is 17.3 Å². The number of ether oxygens (including phenoxy) is 2. The molecule has 0 heterocycles. The quantitative estimate of drug-likeness (QED) is 0.503. The summed E-state index contributed by atoms with van der Waals surface area (Å²) in [6, 6.07) is 5.29. The molecule has 4 heteroatoms. The van der Waals surface area contributed by atoms with Gasteiger partial charge >= 0.3 is 6.16 Å². The van der Waals surface area contributed by atoms with Gasteiger partial charge in [0.2, 0.25) is 0 Å². The molecule has 2 atom stereocenters. The molecule has 0 amide bonds. The standard InChI is InChI=1S/C22H36O4/c1-14(2)22(10,15(3)20(4,5)6)16-11-12-18(17(23)13-16)25-19(24)26-21(7,8)9/h11-15,23H,1-10H3. The van der Waals surface area contributed by atoms with Crippen LogP contribution in [0.2, 0.25) is 0 Å². The number of phenols is 1. The second-order valence-corrected chi connectivity index (χ2v) is 9.77. The molecule has 0 radical (unpaired) electrons. The molecule has 1 aromatic rings. The maximum atomic E-state index is 11.9. The fourth-order valence-electron chi connectivity index (χ4n) is 3.28. The summed E-state index contributed by atoms with van der Waals surface area (Å²) < 4.78 is 10.3. The Balaban J connectivity index is 3.19. The molecular weight excluding hydrogens is 328 g/mol. The molecule has 0 aliphatic heterocycles. The summed E-state index contributed by atoms with van der Waals surface area (Å²) in [7, 11) is 0. The predicted octanol–water partition coefficient (Wildman–Crippen LogP) is 6.30. The van der Waals surface area contributed by atoms with E-state index in [-0.39, 0.29) is 22.3 Å². The summed E-state index contributed by atoms with van der Waals surface area (Å²) in [6.45, 7) is 20.9. The Morgan fingerprint density at radius 3 is 1.92 bits per heavy atom. The molecule has 1 rings (SSSR count). The third-order valence-corrected chi connectivity index (χ3v) is 5.56. The second-order valence-electron chi connectivity index (χ2n) is 9.77. The summed E-state index contributed by atoms with van der Waals surface area (Å²) in [5.74, 6) is 0.791. The minimum atomic E-state index is -0.824. The summed E-state index contributed by atoms with van der Waals surface area (Å²) in [6.07, 6.45) is -0.824. The highest BCUT2D eigenvalue weighted by Gasteiger charge is 2.42. The van der Waals surface area contributed by atoms with Crippen molar-refractivity contribution in [2.45, 2.75) is 80.3 Å². The van der Waals surface area contributed by atoms with Crippen LogP contribution in [0.4, 0.5) is 4.79 Å². The van der Waals surface area contributed by atoms with Crippen molar-refractivity contribution in [1.82, 2.24) is 0 Å². The van der Waals surface area contributed by atoms with Crippen LogP contribution < -0.4 is 4.74 Å². The molecule has 0 bridgehead atoms. The lowest BCUT2D eigenvalue weighted by atomic mass is 9.58. The van der Waals surface area contributed by atoms with E-state index in [4.69, 9.17) is 9.47 Å². The van der Waals surface area contributed by atoms with E-state index in [1.54, 1.807) is 32.9 Å². The molecule has 148 valence electrons. The van der Waals surface area contributed by atoms with Gasteiger partial charge < -0.3 is 14.6 Å². The fourth-order valence-corrected chi connectivity index (χ4v) is 3.28. The Kier molecular flexibility index (Phi) is 6.44. The lowest BCUT2D eigenvalue weighted by Gasteiger charge is -2.46. The molecule has 0 fully saturated rings. The van der Waals surface area contributed by atoms with Crippen LogP contribution in [-0.2, 0) is 10.2 Å². The van der Waals surface area contributed by atoms with Crippen LogP contribution in [0.5, 0.6) is 11.5 Å². The van der Waals surface area contributed by atoms with Crippen molar-refractivity contribution in [3.05, 3.63) is 23.8 Å². The first-order valence-corrected chi connectivity index (χ1v) is 9.33. The summed E-state index contributed by atoms with van der Waals surface area (Å²) in [4.78, 5) is 11.9. The van der Waals surface area contributed by atoms with Gasteiger partial charge in [-0.25, -0.2) is 4.79 Å². The van der Waals surface area contributed by atoms with Crippen LogP contribution in [-0.4, -0.2) is 16.9 Å². The Hall–Kier alpha value is -1.71. The van der Waals surface area contributed by atoms with Crippen LogP contribution in [0, 0.1) is 17.3 Å². The van der Waals surface area contributed by atoms with Crippen molar-refractivity contribution in [3.8, 4) is 11.5 Å². The zero-order valence-corrected chi connectivity index (χ0v) is 18.1. The highest BCUT2D eigenvalue weighted by atomic mass is 16.7. The molecule has 26 heavy (non-hydrogen) atoms. The van der Waals surface area contributed by atoms with Gasteiger partial charge in [0, 0.05) is 0 Å². The van der Waals surface area contributed by atoms with Gasteiger partial charge in [-0.3, -0.25) is 0 Å². The third-order valence-electron chi connectivity index (χ3n) is 5.56. The Morgan fingerprint density at radius 1 is 1.00 bits per heavy atom. The lowest BCUT2D eigenvalue weighted by molar-refractivity contribution is 0.0200. The topological polar surface area (TPSA) is 55.8 Å². The minimum absolute atomic E-state index is 0.0543. The van der Waals surface area contributed by atoms with Crippen LogP contribution in [0.25, 0.3) is 0 Å². The van der Waals surface area contributed by atoms with E-state index in [2.05, 4.69) is 48.5 Å². The van der Waals surface area contributed by atoms with E-state index in [1.165, 1.54) is 0 Å². The normalized spacial score (nSPS) is 16.1. The first-order chi connectivity index (χ1) is 11.6. The van der Waals surface area contributed by atoms with Gasteiger partial charge in [-0.05, 0) is 61.1 Å². The monoisotopic (exact) mass is 364 g/mol. The molecule has 0 aromatic heterocycles. The zero-order valence-electron chi connectivity index (χ0n) is 18.1. The van der Waals surface area contributed by atoms with Crippen molar-refractivity contribution in [3.63, 3.8) is 0 Å². The molecule has 0 saturated carbocycles. The SMILES string of the molecule is CC(C)C(C)(c1ccc(OC(=O)OC(C)(C)C)c(O)c1)C(C)C(C)(C)C. The number of phenolic OH excluding ortho intramolecular Hbond substituents is 1. The van der Waals surface area contributed by atoms with Gasteiger partial charge in [-0.1, -0.05) is 54.5 Å². The van der Waals surface area contributed by atoms with Crippen molar-refractivity contribution >= 4 is 6.16 Å². The van der Waals surface area contributed by atoms with Gasteiger partial charge in [0.25, 0.3) is 0 Å². The molecule has 0 spiro atoms. The number of carbonyl (C=O) groups excluding carboxylic acids is 1. The molecule has 0 aliphatic carbocycles. The number of benzene rings is 1. The van der Waals surface area contributed by atoms with Gasteiger partial charge in [0.1, 0.15) is 5.60 Å². The van der Waals surface area contributed by atoms with Crippen molar-refractivity contribution < 1.29 is 19.4 Å². The Bertz CT molecular complexity index is 635. The molecule has 4 nitrogen and oxygen atoms in total. The van der Waals surface area contributed by atoms with Gasteiger partial charge in [0.05, 0.1) is 0 Å². The molecule has 0 saturated heterocycles. The molecule has 1 aromatic carbocycles. The summed E-state index contributed by atoms with van der Waals surface area (Å²) in [5.41, 5.74) is 0.356. The largest absolute Gasteiger partial charge is 0.514 e. The summed E-state index contributed by atoms with van der Waals surface area (Å²) >= 11 is 0. The maximum Gasteiger partial charge on any atom is 0.514 e. The summed E-state index contributed by atoms with van der Waals surface area (Å²) in [5, 5.41) is 10.4. The lowest BCUT2D eigenvalue weighted by Crippen LogP contribution is -2.42. The first-order valence-electron chi connectivity index (χ1n) is 9.33. The van der Waals surface area contributed by atoms with E-state index in [0.717, 1.165) is 5.56 Å². The predicted molar refractivity (Wildman–Crippen MR) is 106 cm³/mol.